The van der Waals surface area contributed by atoms with E-state index >= 15 is 0 Å². The molecule has 1 aromatic heterocycles. The van der Waals surface area contributed by atoms with Gasteiger partial charge in [0.25, 0.3) is 0 Å². The van der Waals surface area contributed by atoms with Gasteiger partial charge < -0.3 is 19.5 Å². The van der Waals surface area contributed by atoms with Gasteiger partial charge in [-0.25, -0.2) is 4.68 Å². The van der Waals surface area contributed by atoms with Gasteiger partial charge in [0.15, 0.2) is 11.5 Å². The lowest BCUT2D eigenvalue weighted by molar-refractivity contribution is -0.122. The average molecular weight is 335 g/mol. The molecule has 0 saturated heterocycles. The number of nitrogens with zero attached hydrogens (tertiary/aromatic N) is 4. The molecule has 24 heavy (non-hydrogen) atoms. The number of methoxy groups -OCH3 is 3. The summed E-state index contributed by atoms with van der Waals surface area (Å²) in [5, 5.41) is 13.7. The predicted molar refractivity (Wildman–Crippen MR) is 85.1 cm³/mol. The van der Waals surface area contributed by atoms with Crippen LogP contribution in [0.25, 0.3) is 0 Å². The fourth-order valence-electron chi connectivity index (χ4n) is 2.25. The molecule has 0 aliphatic carbocycles. The second-order valence-electron chi connectivity index (χ2n) is 5.07. The largest absolute Gasteiger partial charge is 0.493 e. The van der Waals surface area contributed by atoms with Crippen molar-refractivity contribution >= 4 is 5.91 Å². The van der Waals surface area contributed by atoms with E-state index in [9.17, 15) is 4.79 Å². The number of rotatable bonds is 8. The average Bonchev–Trinajstić information content (AvgIpc) is 3.11. The van der Waals surface area contributed by atoms with Crippen molar-refractivity contribution in [2.24, 2.45) is 0 Å². The Kier molecular flexibility index (Phi) is 5.94. The Balaban J connectivity index is 2.05. The lowest BCUT2D eigenvalue weighted by atomic mass is 10.1. The molecule has 130 valence electrons. The van der Waals surface area contributed by atoms with Gasteiger partial charge >= 0.3 is 0 Å². The number of carbonyl (C=O) groups excluding carboxylic acids is 1. The molecule has 0 unspecified atom stereocenters. The number of amides is 1. The molecule has 9 nitrogen and oxygen atoms in total. The summed E-state index contributed by atoms with van der Waals surface area (Å²) in [6.07, 6.45) is 1.75. The van der Waals surface area contributed by atoms with Gasteiger partial charge in [0, 0.05) is 6.42 Å². The molecule has 2 rings (SSSR count). The zero-order valence-electron chi connectivity index (χ0n) is 14.1. The summed E-state index contributed by atoms with van der Waals surface area (Å²) in [6, 6.07) is 3.40. The van der Waals surface area contributed by atoms with Crippen LogP contribution in [-0.2, 0) is 11.3 Å². The van der Waals surface area contributed by atoms with Gasteiger partial charge in [-0.05, 0) is 35.0 Å². The van der Waals surface area contributed by atoms with Crippen molar-refractivity contribution < 1.29 is 19.0 Å². The molecule has 9 heteroatoms. The van der Waals surface area contributed by atoms with Crippen LogP contribution in [0.3, 0.4) is 0 Å². The van der Waals surface area contributed by atoms with Crippen LogP contribution in [0.1, 0.15) is 24.9 Å². The van der Waals surface area contributed by atoms with Crippen molar-refractivity contribution in [1.82, 2.24) is 25.5 Å². The summed E-state index contributed by atoms with van der Waals surface area (Å²) in [6.45, 7) is 2.30. The van der Waals surface area contributed by atoms with Gasteiger partial charge in [0.1, 0.15) is 6.33 Å². The summed E-state index contributed by atoms with van der Waals surface area (Å²) >= 11 is 0. The minimum Gasteiger partial charge on any atom is -0.493 e. The summed E-state index contributed by atoms with van der Waals surface area (Å²) in [4.78, 5) is 12.1. The maximum atomic E-state index is 12.1. The molecule has 0 saturated carbocycles. The first-order valence-corrected chi connectivity index (χ1v) is 7.39. The number of aromatic nitrogens is 4. The van der Waals surface area contributed by atoms with Crippen LogP contribution in [0.2, 0.25) is 0 Å². The van der Waals surface area contributed by atoms with Gasteiger partial charge in [-0.1, -0.05) is 0 Å². The Bertz CT molecular complexity index is 650. The van der Waals surface area contributed by atoms with Crippen LogP contribution in [0.5, 0.6) is 17.2 Å². The fraction of sp³-hybridized carbons (Fsp3) is 0.467. The lowest BCUT2D eigenvalue weighted by Gasteiger charge is -2.18. The maximum Gasteiger partial charge on any atom is 0.222 e. The number of hydrogen-bond acceptors (Lipinski definition) is 7. The molecule has 1 amide bonds. The minimum absolute atomic E-state index is 0.105. The van der Waals surface area contributed by atoms with Crippen LogP contribution in [0.4, 0.5) is 0 Å². The van der Waals surface area contributed by atoms with Crippen LogP contribution in [0.15, 0.2) is 18.5 Å². The molecule has 0 bridgehead atoms. The van der Waals surface area contributed by atoms with Gasteiger partial charge in [0.05, 0.1) is 33.9 Å². The van der Waals surface area contributed by atoms with Crippen molar-refractivity contribution in [3.63, 3.8) is 0 Å². The van der Waals surface area contributed by atoms with Crippen LogP contribution in [-0.4, -0.2) is 47.4 Å². The number of ether oxygens (including phenoxy) is 3. The molecule has 0 radical (unpaired) electrons. The quantitative estimate of drug-likeness (QED) is 0.767. The van der Waals surface area contributed by atoms with E-state index in [1.54, 1.807) is 21.3 Å². The summed E-state index contributed by atoms with van der Waals surface area (Å²) in [7, 11) is 4.65. The maximum absolute atomic E-state index is 12.1. The lowest BCUT2D eigenvalue weighted by Crippen LogP contribution is -2.27. The highest BCUT2D eigenvalue weighted by molar-refractivity contribution is 5.76. The predicted octanol–water partition coefficient (Wildman–Crippen LogP) is 0.966. The number of aryl methyl sites for hydroxylation is 1. The monoisotopic (exact) mass is 335 g/mol. The van der Waals surface area contributed by atoms with E-state index in [4.69, 9.17) is 14.2 Å². The second-order valence-corrected chi connectivity index (χ2v) is 5.07. The smallest absolute Gasteiger partial charge is 0.222 e. The zero-order valence-corrected chi connectivity index (χ0v) is 14.1. The van der Waals surface area contributed by atoms with E-state index in [0.717, 1.165) is 5.56 Å². The molecule has 0 aliphatic rings. The molecular formula is C15H21N5O4. The Morgan fingerprint density at radius 3 is 2.38 bits per heavy atom. The highest BCUT2D eigenvalue weighted by Gasteiger charge is 2.17. The Labute approximate surface area is 139 Å². The number of carbonyl (C=O) groups is 1. The van der Waals surface area contributed by atoms with Gasteiger partial charge in [-0.15, -0.1) is 5.10 Å². The van der Waals surface area contributed by atoms with E-state index in [0.29, 0.717) is 23.8 Å². The SMILES string of the molecule is COc1cc([C@H](C)NC(=O)CCn2cnnn2)cc(OC)c1OC. The van der Waals surface area contributed by atoms with Gasteiger partial charge in [-0.3, -0.25) is 4.79 Å². The first kappa shape index (κ1) is 17.5. The molecular weight excluding hydrogens is 314 g/mol. The normalized spacial score (nSPS) is 11.7. The Hall–Kier alpha value is -2.84. The Morgan fingerprint density at radius 1 is 1.21 bits per heavy atom. The number of nitrogens with one attached hydrogen (secondary N) is 1. The van der Waals surface area contributed by atoms with E-state index in [1.807, 2.05) is 19.1 Å². The highest BCUT2D eigenvalue weighted by atomic mass is 16.5. The van der Waals surface area contributed by atoms with Crippen molar-refractivity contribution in [2.45, 2.75) is 25.9 Å². The third-order valence-electron chi connectivity index (χ3n) is 3.52. The van der Waals surface area contributed by atoms with Gasteiger partial charge in [-0.2, -0.15) is 0 Å². The molecule has 1 heterocycles. The van der Waals surface area contributed by atoms with Crippen molar-refractivity contribution in [3.8, 4) is 17.2 Å². The first-order chi connectivity index (χ1) is 11.6. The van der Waals surface area contributed by atoms with Crippen molar-refractivity contribution in [3.05, 3.63) is 24.0 Å². The highest BCUT2D eigenvalue weighted by Crippen LogP contribution is 2.39. The zero-order chi connectivity index (χ0) is 17.5. The topological polar surface area (TPSA) is 100 Å². The minimum atomic E-state index is -0.222. The van der Waals surface area contributed by atoms with E-state index < -0.39 is 0 Å². The van der Waals surface area contributed by atoms with Crippen LogP contribution < -0.4 is 19.5 Å². The number of hydrogen-bond donors (Lipinski definition) is 1. The summed E-state index contributed by atoms with van der Waals surface area (Å²) in [5.41, 5.74) is 0.847. The van der Waals surface area contributed by atoms with Crippen LogP contribution >= 0.6 is 0 Å². The molecule has 1 aromatic carbocycles. The molecule has 0 fully saturated rings. The van der Waals surface area contributed by atoms with E-state index in [-0.39, 0.29) is 18.4 Å². The first-order valence-electron chi connectivity index (χ1n) is 7.39. The van der Waals surface area contributed by atoms with Crippen molar-refractivity contribution in [2.75, 3.05) is 21.3 Å². The Morgan fingerprint density at radius 2 is 1.88 bits per heavy atom. The number of tetrazole rings is 1. The molecule has 2 aromatic rings. The molecule has 0 spiro atoms. The molecule has 1 atom stereocenters. The van der Waals surface area contributed by atoms with E-state index in [2.05, 4.69) is 20.8 Å². The van der Waals surface area contributed by atoms with E-state index in [1.165, 1.54) is 11.0 Å². The molecule has 1 N–H and O–H groups in total. The van der Waals surface area contributed by atoms with Crippen molar-refractivity contribution in [1.29, 1.82) is 0 Å². The third kappa shape index (κ3) is 4.12. The summed E-state index contributed by atoms with van der Waals surface area (Å²) in [5.74, 6) is 1.50. The van der Waals surface area contributed by atoms with Crippen LogP contribution in [0, 0.1) is 0 Å². The summed E-state index contributed by atoms with van der Waals surface area (Å²) < 4.78 is 17.5. The number of benzene rings is 1. The fourth-order valence-corrected chi connectivity index (χ4v) is 2.25. The second kappa shape index (κ2) is 8.14. The molecule has 0 aliphatic heterocycles. The standard InChI is InChI=1S/C15H21N5O4/c1-10(17-14(21)5-6-20-9-16-18-19-20)11-7-12(22-2)15(24-4)13(8-11)23-3/h7-10H,5-6H2,1-4H3,(H,17,21)/t10-/m0/s1. The third-order valence-corrected chi connectivity index (χ3v) is 3.52. The van der Waals surface area contributed by atoms with Gasteiger partial charge in [0.2, 0.25) is 11.7 Å².